The predicted molar refractivity (Wildman–Crippen MR) is 124 cm³/mol. The van der Waals surface area contributed by atoms with Crippen molar-refractivity contribution in [2.24, 2.45) is 5.92 Å². The van der Waals surface area contributed by atoms with Gasteiger partial charge in [-0.25, -0.2) is 22.5 Å². The molecule has 4 rings (SSSR count). The molecule has 2 atom stereocenters. The number of benzene rings is 1. The lowest BCUT2D eigenvalue weighted by molar-refractivity contribution is -0.00213. The number of pyridine rings is 1. The molecule has 1 N–H and O–H groups in total. The van der Waals surface area contributed by atoms with Gasteiger partial charge in [-0.1, -0.05) is 30.3 Å². The molecule has 1 aliphatic carbocycles. The van der Waals surface area contributed by atoms with Gasteiger partial charge in [0.2, 0.25) is 10.0 Å². The molecular formula is C24H32FN3O3S. The first-order valence-electron chi connectivity index (χ1n) is 11.4. The largest absolute Gasteiger partial charge is 0.378 e. The van der Waals surface area contributed by atoms with Gasteiger partial charge in [0.05, 0.1) is 25.2 Å². The molecule has 2 fully saturated rings. The van der Waals surface area contributed by atoms with Crippen molar-refractivity contribution in [1.29, 1.82) is 0 Å². The van der Waals surface area contributed by atoms with Gasteiger partial charge in [-0.3, -0.25) is 0 Å². The van der Waals surface area contributed by atoms with E-state index in [1.165, 1.54) is 24.1 Å². The number of rotatable bonds is 7. The highest BCUT2D eigenvalue weighted by Gasteiger charge is 2.33. The van der Waals surface area contributed by atoms with E-state index in [1.807, 2.05) is 6.07 Å². The Morgan fingerprint density at radius 1 is 1.09 bits per heavy atom. The van der Waals surface area contributed by atoms with E-state index in [0.29, 0.717) is 37.9 Å². The molecule has 0 bridgehead atoms. The summed E-state index contributed by atoms with van der Waals surface area (Å²) in [5.74, 6) is 0.925. The van der Waals surface area contributed by atoms with Gasteiger partial charge in [0.15, 0.2) is 0 Å². The molecule has 2 heterocycles. The van der Waals surface area contributed by atoms with E-state index in [1.54, 1.807) is 6.07 Å². The van der Waals surface area contributed by atoms with Crippen molar-refractivity contribution in [2.45, 2.75) is 50.2 Å². The van der Waals surface area contributed by atoms with Crippen LogP contribution in [-0.4, -0.2) is 51.5 Å². The van der Waals surface area contributed by atoms with E-state index < -0.39 is 10.0 Å². The average Bonchev–Trinajstić information content (AvgIpc) is 2.79. The van der Waals surface area contributed by atoms with Crippen molar-refractivity contribution >= 4 is 15.8 Å². The van der Waals surface area contributed by atoms with Gasteiger partial charge >= 0.3 is 0 Å². The van der Waals surface area contributed by atoms with Gasteiger partial charge < -0.3 is 9.64 Å². The third-order valence-electron chi connectivity index (χ3n) is 6.63. The molecule has 2 aliphatic rings. The summed E-state index contributed by atoms with van der Waals surface area (Å²) in [6, 6.07) is 13.5. The minimum atomic E-state index is -3.31. The zero-order chi connectivity index (χ0) is 22.6. The lowest BCUT2D eigenvalue weighted by Gasteiger charge is -2.40. The Kier molecular flexibility index (Phi) is 7.43. The Morgan fingerprint density at radius 3 is 2.50 bits per heavy atom. The second kappa shape index (κ2) is 10.3. The molecule has 0 spiro atoms. The van der Waals surface area contributed by atoms with Gasteiger partial charge in [0.25, 0.3) is 0 Å². The molecule has 1 aromatic carbocycles. The molecule has 0 radical (unpaired) electrons. The number of hydrogen-bond acceptors (Lipinski definition) is 5. The van der Waals surface area contributed by atoms with Gasteiger partial charge in [-0.05, 0) is 55.7 Å². The number of aromatic nitrogens is 1. The van der Waals surface area contributed by atoms with Gasteiger partial charge in [0, 0.05) is 25.0 Å². The lowest BCUT2D eigenvalue weighted by atomic mass is 9.82. The van der Waals surface area contributed by atoms with E-state index in [2.05, 4.69) is 38.9 Å². The standard InChI is InChI=1S/C24H32FN3O3S/c1-32(29,30)27-23-13-14-28(24-12-9-21(25)15-26-24)16-20(23)17-31-22-10-7-19(8-11-22)18-5-3-2-4-6-18/h2-6,9,12,15,19-20,22-23,27H,7-8,10-11,13-14,16-17H2,1H3/t19?,20-,22?,23?/m0/s1. The van der Waals surface area contributed by atoms with Crippen molar-refractivity contribution in [3.8, 4) is 0 Å². The highest BCUT2D eigenvalue weighted by atomic mass is 32.2. The van der Waals surface area contributed by atoms with Gasteiger partial charge in [-0.2, -0.15) is 0 Å². The van der Waals surface area contributed by atoms with Gasteiger partial charge in [-0.15, -0.1) is 0 Å². The minimum absolute atomic E-state index is 0.00262. The third kappa shape index (κ3) is 6.27. The van der Waals surface area contributed by atoms with Crippen molar-refractivity contribution in [3.63, 3.8) is 0 Å². The molecule has 1 aromatic heterocycles. The number of piperidine rings is 1. The average molecular weight is 462 g/mol. The maximum Gasteiger partial charge on any atom is 0.208 e. The van der Waals surface area contributed by atoms with Crippen LogP contribution in [-0.2, 0) is 14.8 Å². The molecule has 2 aromatic rings. The van der Waals surface area contributed by atoms with Gasteiger partial charge in [0.1, 0.15) is 11.6 Å². The minimum Gasteiger partial charge on any atom is -0.378 e. The molecule has 32 heavy (non-hydrogen) atoms. The summed E-state index contributed by atoms with van der Waals surface area (Å²) in [4.78, 5) is 6.28. The molecule has 0 amide bonds. The zero-order valence-corrected chi connectivity index (χ0v) is 19.3. The Hall–Kier alpha value is -2.03. The highest BCUT2D eigenvalue weighted by molar-refractivity contribution is 7.88. The molecule has 8 heteroatoms. The first kappa shape index (κ1) is 23.1. The summed E-state index contributed by atoms with van der Waals surface area (Å²) in [7, 11) is -3.31. The molecule has 1 saturated carbocycles. The van der Waals surface area contributed by atoms with Crippen molar-refractivity contribution < 1.29 is 17.5 Å². The van der Waals surface area contributed by atoms with Crippen LogP contribution in [0.5, 0.6) is 0 Å². The summed E-state index contributed by atoms with van der Waals surface area (Å²) in [5.41, 5.74) is 1.40. The highest BCUT2D eigenvalue weighted by Crippen LogP contribution is 2.34. The molecular weight excluding hydrogens is 429 g/mol. The van der Waals surface area contributed by atoms with E-state index in [4.69, 9.17) is 4.74 Å². The van der Waals surface area contributed by atoms with Crippen LogP contribution in [0.15, 0.2) is 48.7 Å². The van der Waals surface area contributed by atoms with Crippen LogP contribution in [0.25, 0.3) is 0 Å². The third-order valence-corrected chi connectivity index (χ3v) is 7.36. The number of ether oxygens (including phenoxy) is 1. The molecule has 174 valence electrons. The smallest absolute Gasteiger partial charge is 0.208 e. The summed E-state index contributed by atoms with van der Waals surface area (Å²) < 4.78 is 46.1. The van der Waals surface area contributed by atoms with Crippen LogP contribution in [0, 0.1) is 11.7 Å². The second-order valence-electron chi connectivity index (χ2n) is 9.04. The summed E-state index contributed by atoms with van der Waals surface area (Å²) in [6.45, 7) is 1.77. The zero-order valence-electron chi connectivity index (χ0n) is 18.5. The first-order chi connectivity index (χ1) is 15.4. The second-order valence-corrected chi connectivity index (χ2v) is 10.8. The predicted octanol–water partition coefficient (Wildman–Crippen LogP) is 3.71. The van der Waals surface area contributed by atoms with Crippen LogP contribution in [0.1, 0.15) is 43.6 Å². The Balaban J connectivity index is 1.35. The maximum atomic E-state index is 13.3. The number of nitrogens with zero attached hydrogens (tertiary/aromatic N) is 2. The van der Waals surface area contributed by atoms with E-state index >= 15 is 0 Å². The summed E-state index contributed by atoms with van der Waals surface area (Å²) >= 11 is 0. The number of anilines is 1. The van der Waals surface area contributed by atoms with Crippen molar-refractivity contribution in [1.82, 2.24) is 9.71 Å². The lowest BCUT2D eigenvalue weighted by Crippen LogP contribution is -2.52. The number of nitrogens with one attached hydrogen (secondary N) is 1. The molecule has 1 aliphatic heterocycles. The van der Waals surface area contributed by atoms with Crippen LogP contribution >= 0.6 is 0 Å². The fraction of sp³-hybridized carbons (Fsp3) is 0.542. The molecule has 6 nitrogen and oxygen atoms in total. The molecule has 1 unspecified atom stereocenters. The summed E-state index contributed by atoms with van der Waals surface area (Å²) in [5, 5.41) is 0. The Morgan fingerprint density at radius 2 is 1.84 bits per heavy atom. The van der Waals surface area contributed by atoms with E-state index in [9.17, 15) is 12.8 Å². The van der Waals surface area contributed by atoms with Crippen molar-refractivity contribution in [3.05, 3.63) is 60.0 Å². The Labute approximate surface area is 190 Å². The monoisotopic (exact) mass is 461 g/mol. The summed E-state index contributed by atoms with van der Waals surface area (Å²) in [6.07, 6.45) is 7.51. The van der Waals surface area contributed by atoms with Crippen LogP contribution in [0.4, 0.5) is 10.2 Å². The fourth-order valence-electron chi connectivity index (χ4n) is 4.94. The first-order valence-corrected chi connectivity index (χ1v) is 13.3. The van der Waals surface area contributed by atoms with Crippen LogP contribution < -0.4 is 9.62 Å². The number of halogens is 1. The van der Waals surface area contributed by atoms with Crippen LogP contribution in [0.2, 0.25) is 0 Å². The topological polar surface area (TPSA) is 71.5 Å². The van der Waals surface area contributed by atoms with Crippen LogP contribution in [0.3, 0.4) is 0 Å². The normalized spacial score (nSPS) is 26.8. The maximum absolute atomic E-state index is 13.3. The number of hydrogen-bond donors (Lipinski definition) is 1. The quantitative estimate of drug-likeness (QED) is 0.681. The van der Waals surface area contributed by atoms with E-state index in [0.717, 1.165) is 25.7 Å². The van der Waals surface area contributed by atoms with E-state index in [-0.39, 0.29) is 23.9 Å². The van der Waals surface area contributed by atoms with Crippen molar-refractivity contribution in [2.75, 3.05) is 30.9 Å². The molecule has 1 saturated heterocycles. The Bertz CT molecular complexity index is 964. The number of sulfonamides is 1. The fourth-order valence-corrected chi connectivity index (χ4v) is 5.80. The SMILES string of the molecule is CS(=O)(=O)NC1CCN(c2ccc(F)cn2)C[C@H]1COC1CCC(c2ccccc2)CC1.